The van der Waals surface area contributed by atoms with E-state index in [9.17, 15) is 8.78 Å². The van der Waals surface area contributed by atoms with Crippen LogP contribution in [0.4, 0.5) is 8.78 Å². The van der Waals surface area contributed by atoms with Crippen LogP contribution in [-0.4, -0.2) is 33.5 Å². The summed E-state index contributed by atoms with van der Waals surface area (Å²) in [4.78, 5) is 0. The molecular weight excluding hydrogens is 280 g/mol. The Morgan fingerprint density at radius 1 is 1.33 bits per heavy atom. The van der Waals surface area contributed by atoms with Gasteiger partial charge in [-0.25, -0.2) is 0 Å². The van der Waals surface area contributed by atoms with Crippen LogP contribution >= 0.6 is 0 Å². The molecule has 1 N–H and O–H groups in total. The Hall–Kier alpha value is -1.66. The number of halogens is 2. The Kier molecular flexibility index (Phi) is 7.71. The van der Waals surface area contributed by atoms with Crippen molar-refractivity contribution < 1.29 is 23.0 Å². The third-order valence-electron chi connectivity index (χ3n) is 2.54. The van der Waals surface area contributed by atoms with Gasteiger partial charge in [0.05, 0.1) is 20.3 Å². The molecule has 0 heterocycles. The van der Waals surface area contributed by atoms with Crippen molar-refractivity contribution in [3.8, 4) is 11.5 Å². The third-order valence-corrected chi connectivity index (χ3v) is 2.54. The maximum Gasteiger partial charge on any atom is 0.387 e. The van der Waals surface area contributed by atoms with E-state index in [1.807, 2.05) is 6.92 Å². The molecule has 0 unspecified atom stereocenters. The average molecular weight is 301 g/mol. The van der Waals surface area contributed by atoms with Crippen LogP contribution in [0.15, 0.2) is 30.4 Å². The van der Waals surface area contributed by atoms with Gasteiger partial charge in [-0.1, -0.05) is 18.2 Å². The first-order valence-electron chi connectivity index (χ1n) is 6.57. The maximum atomic E-state index is 12.3. The monoisotopic (exact) mass is 301 g/mol. The largest absolute Gasteiger partial charge is 0.493 e. The fourth-order valence-electron chi connectivity index (χ4n) is 1.64. The molecule has 21 heavy (non-hydrogen) atoms. The molecule has 0 fully saturated rings. The van der Waals surface area contributed by atoms with Gasteiger partial charge in [0.1, 0.15) is 0 Å². The van der Waals surface area contributed by atoms with E-state index in [4.69, 9.17) is 9.47 Å². The molecule has 0 aromatic heterocycles. The molecule has 0 saturated carbocycles. The Bertz CT molecular complexity index is 453. The summed E-state index contributed by atoms with van der Waals surface area (Å²) >= 11 is 0. The SMILES string of the molecule is C=C(C)COCCNCc1ccc(OC)c(OC(F)F)c1. The number of hydrogen-bond donors (Lipinski definition) is 1. The Morgan fingerprint density at radius 2 is 2.10 bits per heavy atom. The van der Waals surface area contributed by atoms with Gasteiger partial charge in [0, 0.05) is 13.1 Å². The van der Waals surface area contributed by atoms with E-state index in [1.165, 1.54) is 13.2 Å². The van der Waals surface area contributed by atoms with Crippen LogP contribution in [0.1, 0.15) is 12.5 Å². The molecule has 0 radical (unpaired) electrons. The number of ether oxygens (including phenoxy) is 3. The Morgan fingerprint density at radius 3 is 2.71 bits per heavy atom. The van der Waals surface area contributed by atoms with Crippen LogP contribution in [0, 0.1) is 0 Å². The summed E-state index contributed by atoms with van der Waals surface area (Å²) in [6.45, 7) is 5.04. The second kappa shape index (κ2) is 9.31. The van der Waals surface area contributed by atoms with E-state index < -0.39 is 6.61 Å². The zero-order chi connectivity index (χ0) is 15.7. The normalized spacial score (nSPS) is 10.7. The van der Waals surface area contributed by atoms with Crippen molar-refractivity contribution in [2.75, 3.05) is 26.9 Å². The summed E-state index contributed by atoms with van der Waals surface area (Å²) in [5.41, 5.74) is 1.80. The first kappa shape index (κ1) is 17.4. The summed E-state index contributed by atoms with van der Waals surface area (Å²) in [6.07, 6.45) is 0. The molecule has 0 bridgehead atoms. The average Bonchev–Trinajstić information content (AvgIpc) is 2.42. The fourth-order valence-corrected chi connectivity index (χ4v) is 1.64. The van der Waals surface area contributed by atoms with E-state index in [1.54, 1.807) is 12.1 Å². The van der Waals surface area contributed by atoms with E-state index in [0.717, 1.165) is 11.1 Å². The van der Waals surface area contributed by atoms with Crippen molar-refractivity contribution in [1.82, 2.24) is 5.32 Å². The lowest BCUT2D eigenvalue weighted by Gasteiger charge is -2.12. The second-order valence-electron chi connectivity index (χ2n) is 4.55. The zero-order valence-corrected chi connectivity index (χ0v) is 12.3. The predicted molar refractivity (Wildman–Crippen MR) is 77.0 cm³/mol. The molecule has 4 nitrogen and oxygen atoms in total. The third kappa shape index (κ3) is 7.06. The van der Waals surface area contributed by atoms with Crippen molar-refractivity contribution in [3.63, 3.8) is 0 Å². The number of benzene rings is 1. The summed E-state index contributed by atoms with van der Waals surface area (Å²) in [5.74, 6) is 0.314. The molecule has 0 aliphatic carbocycles. The molecule has 0 saturated heterocycles. The topological polar surface area (TPSA) is 39.7 Å². The van der Waals surface area contributed by atoms with Crippen LogP contribution in [0.3, 0.4) is 0 Å². The van der Waals surface area contributed by atoms with Crippen LogP contribution in [-0.2, 0) is 11.3 Å². The van der Waals surface area contributed by atoms with Crippen LogP contribution < -0.4 is 14.8 Å². The summed E-state index contributed by atoms with van der Waals surface area (Å²) in [7, 11) is 1.41. The molecule has 0 atom stereocenters. The van der Waals surface area contributed by atoms with Crippen LogP contribution in [0.25, 0.3) is 0 Å². The van der Waals surface area contributed by atoms with Gasteiger partial charge in [-0.3, -0.25) is 0 Å². The van der Waals surface area contributed by atoms with E-state index in [0.29, 0.717) is 26.3 Å². The van der Waals surface area contributed by atoms with Crippen molar-refractivity contribution in [3.05, 3.63) is 35.9 Å². The molecule has 0 aliphatic rings. The highest BCUT2D eigenvalue weighted by Gasteiger charge is 2.11. The second-order valence-corrected chi connectivity index (χ2v) is 4.55. The van der Waals surface area contributed by atoms with Gasteiger partial charge >= 0.3 is 6.61 Å². The lowest BCUT2D eigenvalue weighted by Crippen LogP contribution is -2.19. The predicted octanol–water partition coefficient (Wildman–Crippen LogP) is 2.98. The Labute approximate surface area is 123 Å². The molecule has 118 valence electrons. The smallest absolute Gasteiger partial charge is 0.387 e. The van der Waals surface area contributed by atoms with E-state index in [2.05, 4.69) is 16.6 Å². The first-order valence-corrected chi connectivity index (χ1v) is 6.57. The van der Waals surface area contributed by atoms with Crippen molar-refractivity contribution in [1.29, 1.82) is 0 Å². The number of rotatable bonds is 10. The van der Waals surface area contributed by atoms with Crippen molar-refractivity contribution in [2.24, 2.45) is 0 Å². The zero-order valence-electron chi connectivity index (χ0n) is 12.3. The minimum Gasteiger partial charge on any atom is -0.493 e. The maximum absolute atomic E-state index is 12.3. The van der Waals surface area contributed by atoms with Gasteiger partial charge in [-0.2, -0.15) is 8.78 Å². The lowest BCUT2D eigenvalue weighted by molar-refractivity contribution is -0.0512. The fraction of sp³-hybridized carbons (Fsp3) is 0.467. The van der Waals surface area contributed by atoms with Gasteiger partial charge in [0.25, 0.3) is 0 Å². The quantitative estimate of drug-likeness (QED) is 0.533. The minimum absolute atomic E-state index is 0.0327. The van der Waals surface area contributed by atoms with E-state index in [-0.39, 0.29) is 11.5 Å². The number of methoxy groups -OCH3 is 1. The molecule has 0 spiro atoms. The summed E-state index contributed by atoms with van der Waals surface area (Å²) < 4.78 is 39.4. The lowest BCUT2D eigenvalue weighted by atomic mass is 10.2. The molecule has 1 rings (SSSR count). The number of alkyl halides is 2. The first-order chi connectivity index (χ1) is 10.0. The summed E-state index contributed by atoms with van der Waals surface area (Å²) in [5, 5.41) is 3.15. The Balaban J connectivity index is 2.42. The number of hydrogen-bond acceptors (Lipinski definition) is 4. The van der Waals surface area contributed by atoms with Gasteiger partial charge < -0.3 is 19.5 Å². The van der Waals surface area contributed by atoms with Crippen molar-refractivity contribution >= 4 is 0 Å². The highest BCUT2D eigenvalue weighted by atomic mass is 19.3. The molecule has 0 amide bonds. The van der Waals surface area contributed by atoms with Gasteiger partial charge in [0.2, 0.25) is 0 Å². The molecule has 1 aromatic carbocycles. The highest BCUT2D eigenvalue weighted by Crippen LogP contribution is 2.29. The number of nitrogens with one attached hydrogen (secondary N) is 1. The molecule has 1 aromatic rings. The molecule has 0 aliphatic heterocycles. The van der Waals surface area contributed by atoms with Gasteiger partial charge in [-0.15, -0.1) is 0 Å². The van der Waals surface area contributed by atoms with E-state index >= 15 is 0 Å². The highest BCUT2D eigenvalue weighted by molar-refractivity contribution is 5.42. The van der Waals surface area contributed by atoms with Crippen LogP contribution in [0.2, 0.25) is 0 Å². The standard InChI is InChI=1S/C15H21F2NO3/c1-11(2)10-20-7-6-18-9-12-4-5-13(19-3)14(8-12)21-15(16)17/h4-5,8,15,18H,1,6-7,9-10H2,2-3H3. The minimum atomic E-state index is -2.88. The molecule has 6 heteroatoms. The summed E-state index contributed by atoms with van der Waals surface area (Å²) in [6, 6.07) is 4.93. The van der Waals surface area contributed by atoms with Gasteiger partial charge in [-0.05, 0) is 24.6 Å². The molecular formula is C15H21F2NO3. The van der Waals surface area contributed by atoms with Crippen molar-refractivity contribution in [2.45, 2.75) is 20.1 Å². The van der Waals surface area contributed by atoms with Crippen LogP contribution in [0.5, 0.6) is 11.5 Å². The van der Waals surface area contributed by atoms with Gasteiger partial charge in [0.15, 0.2) is 11.5 Å².